The van der Waals surface area contributed by atoms with Crippen LogP contribution in [0.1, 0.15) is 46.5 Å². The number of H-pyrrole nitrogens is 1. The number of thioether (sulfide) groups is 1. The largest absolute Gasteiger partial charge is 0.325 e. The zero-order valence-corrected chi connectivity index (χ0v) is 25.1. The number of halogens is 1. The van der Waals surface area contributed by atoms with Crippen LogP contribution in [0.4, 0.5) is 10.2 Å². The summed E-state index contributed by atoms with van der Waals surface area (Å²) in [6.45, 7) is 6.25. The monoisotopic (exact) mass is 590 g/mol. The number of alkyl halides is 1. The minimum Gasteiger partial charge on any atom is -0.325 e. The van der Waals surface area contributed by atoms with E-state index in [0.29, 0.717) is 35.9 Å². The van der Waals surface area contributed by atoms with Gasteiger partial charge >= 0.3 is 0 Å². The van der Waals surface area contributed by atoms with E-state index in [1.807, 2.05) is 47.5 Å². The molecule has 0 saturated heterocycles. The smallest absolute Gasteiger partial charge is 0.240 e. The van der Waals surface area contributed by atoms with Crippen LogP contribution < -0.4 is 10.4 Å². The average molecular weight is 591 g/mol. The number of aromatic nitrogens is 3. The number of anilines is 1. The molecule has 218 valence electrons. The molecule has 1 amide bonds. The van der Waals surface area contributed by atoms with Gasteiger partial charge in [0.25, 0.3) is 0 Å². The SMILES string of the molecule is CCN(C(=S)[C@](C)(C/C=C/CN=C(NO)C1CC1F)N(C(=O)C(C)C#N)C(CSC)C1CC=CC1)c1cn[nH]n1. The van der Waals surface area contributed by atoms with Crippen molar-refractivity contribution >= 4 is 46.5 Å². The molecule has 2 aliphatic rings. The molecule has 13 heteroatoms. The Balaban J connectivity index is 2.02. The Morgan fingerprint density at radius 1 is 1.48 bits per heavy atom. The second kappa shape index (κ2) is 14.7. The van der Waals surface area contributed by atoms with Crippen molar-refractivity contribution in [3.8, 4) is 6.07 Å². The predicted octanol–water partition coefficient (Wildman–Crippen LogP) is 4.08. The molecular weight excluding hydrogens is 551 g/mol. The number of rotatable bonds is 14. The van der Waals surface area contributed by atoms with Gasteiger partial charge in [0.05, 0.1) is 30.3 Å². The van der Waals surface area contributed by atoms with Gasteiger partial charge in [0.15, 0.2) is 5.82 Å². The Hall–Kier alpha value is -2.82. The number of allylic oxidation sites excluding steroid dienone is 2. The van der Waals surface area contributed by atoms with E-state index in [4.69, 9.17) is 12.2 Å². The van der Waals surface area contributed by atoms with E-state index in [2.05, 4.69) is 38.6 Å². The lowest BCUT2D eigenvalue weighted by Crippen LogP contribution is -2.65. The number of hydroxylamine groups is 1. The third kappa shape index (κ3) is 7.27. The maximum absolute atomic E-state index is 14.1. The lowest BCUT2D eigenvalue weighted by molar-refractivity contribution is -0.140. The van der Waals surface area contributed by atoms with E-state index in [9.17, 15) is 19.7 Å². The molecule has 1 aromatic heterocycles. The van der Waals surface area contributed by atoms with Crippen molar-refractivity contribution in [3.05, 3.63) is 30.5 Å². The molecule has 0 spiro atoms. The standard InChI is InChI=1S/C27H39FN8O2S2/c1-5-35(23-16-31-34-32-23)26(39)27(3,12-8-9-13-30-24(33-38)20-14-21(20)28)36(25(37)18(2)15-29)22(17-40-4)19-10-6-7-11-19/h6-9,16,18-22,38H,5,10-14,17H2,1-4H3,(H,30,33)(H,31,32,34)/b9-8+/t18?,20?,21?,22?,27-/m0/s1. The minimum atomic E-state index is -1.01. The van der Waals surface area contributed by atoms with Crippen molar-refractivity contribution in [3.63, 3.8) is 0 Å². The fourth-order valence-corrected chi connectivity index (χ4v) is 6.28. The molecule has 2 aliphatic carbocycles. The first-order valence-corrected chi connectivity index (χ1v) is 15.3. The second-order valence-electron chi connectivity index (χ2n) is 10.3. The van der Waals surface area contributed by atoms with Gasteiger partial charge in [-0.2, -0.15) is 27.3 Å². The lowest BCUT2D eigenvalue weighted by atomic mass is 9.86. The first-order valence-electron chi connectivity index (χ1n) is 13.5. The number of hydrogen-bond donors (Lipinski definition) is 3. The quantitative estimate of drug-likeness (QED) is 0.0963. The van der Waals surface area contributed by atoms with Crippen LogP contribution in [0.5, 0.6) is 0 Å². The number of amidine groups is 1. The Morgan fingerprint density at radius 2 is 2.17 bits per heavy atom. The number of likely N-dealkylation sites (N-methyl/N-ethyl adjacent to an activating group) is 1. The van der Waals surface area contributed by atoms with Crippen LogP contribution in [-0.4, -0.2) is 85.1 Å². The van der Waals surface area contributed by atoms with Crippen LogP contribution in [0.25, 0.3) is 0 Å². The van der Waals surface area contributed by atoms with Gasteiger partial charge in [-0.25, -0.2) is 4.39 Å². The number of aliphatic imine (C=N–C) groups is 1. The van der Waals surface area contributed by atoms with Crippen molar-refractivity contribution < 1.29 is 14.4 Å². The molecule has 1 heterocycles. The van der Waals surface area contributed by atoms with Crippen LogP contribution in [-0.2, 0) is 4.79 Å². The van der Waals surface area contributed by atoms with Crippen molar-refractivity contribution in [2.24, 2.45) is 22.7 Å². The van der Waals surface area contributed by atoms with Gasteiger partial charge < -0.3 is 9.80 Å². The average Bonchev–Trinajstić information content (AvgIpc) is 3.36. The van der Waals surface area contributed by atoms with Gasteiger partial charge in [-0.15, -0.1) is 5.10 Å². The maximum Gasteiger partial charge on any atom is 0.240 e. The maximum atomic E-state index is 14.1. The van der Waals surface area contributed by atoms with Gasteiger partial charge in [-0.1, -0.05) is 36.5 Å². The van der Waals surface area contributed by atoms with Crippen molar-refractivity contribution in [1.82, 2.24) is 25.8 Å². The Morgan fingerprint density at radius 3 is 2.70 bits per heavy atom. The summed E-state index contributed by atoms with van der Waals surface area (Å²) in [6.07, 6.45) is 13.0. The molecule has 0 bridgehead atoms. The molecule has 40 heavy (non-hydrogen) atoms. The number of carbonyl (C=O) groups is 1. The van der Waals surface area contributed by atoms with Crippen molar-refractivity contribution in [2.45, 2.75) is 64.2 Å². The van der Waals surface area contributed by atoms with Crippen LogP contribution in [0.15, 0.2) is 35.5 Å². The summed E-state index contributed by atoms with van der Waals surface area (Å²) < 4.78 is 13.4. The van der Waals surface area contributed by atoms with E-state index in [1.165, 1.54) is 0 Å². The number of carbonyl (C=O) groups excluding carboxylic acids is 1. The molecule has 5 atom stereocenters. The summed E-state index contributed by atoms with van der Waals surface area (Å²) in [5.41, 5.74) is 1.01. The van der Waals surface area contributed by atoms with Gasteiger partial charge in [-0.05, 0) is 58.6 Å². The first-order chi connectivity index (χ1) is 19.2. The third-order valence-electron chi connectivity index (χ3n) is 7.52. The molecule has 3 rings (SSSR count). The third-order valence-corrected chi connectivity index (χ3v) is 8.85. The van der Waals surface area contributed by atoms with Crippen molar-refractivity contribution in [2.75, 3.05) is 30.0 Å². The molecule has 0 aliphatic heterocycles. The second-order valence-corrected chi connectivity index (χ2v) is 11.6. The summed E-state index contributed by atoms with van der Waals surface area (Å²) in [4.78, 5) is 22.6. The fraction of sp³-hybridized carbons (Fsp3) is 0.630. The summed E-state index contributed by atoms with van der Waals surface area (Å²) in [6, 6.07) is 1.97. The topological polar surface area (TPSA) is 134 Å². The van der Waals surface area contributed by atoms with E-state index in [-0.39, 0.29) is 30.2 Å². The number of amides is 1. The minimum absolute atomic E-state index is 0.166. The summed E-state index contributed by atoms with van der Waals surface area (Å²) in [5, 5.41) is 29.9. The zero-order chi connectivity index (χ0) is 29.3. The normalized spacial score (nSPS) is 22.0. The molecular formula is C27H39FN8O2S2. The number of nitriles is 1. The number of aromatic amines is 1. The van der Waals surface area contributed by atoms with Gasteiger partial charge in [0.2, 0.25) is 5.91 Å². The van der Waals surface area contributed by atoms with E-state index >= 15 is 0 Å². The van der Waals surface area contributed by atoms with Crippen LogP contribution in [0.3, 0.4) is 0 Å². The number of thiocarbonyl (C=S) groups is 1. The Kier molecular flexibility index (Phi) is 11.7. The highest BCUT2D eigenvalue weighted by atomic mass is 32.2. The molecule has 3 N–H and O–H groups in total. The number of hydrogen-bond acceptors (Lipinski definition) is 8. The van der Waals surface area contributed by atoms with Crippen LogP contribution >= 0.6 is 24.0 Å². The first kappa shape index (κ1) is 31.7. The van der Waals surface area contributed by atoms with E-state index < -0.39 is 23.5 Å². The lowest BCUT2D eigenvalue weighted by Gasteiger charge is -2.49. The van der Waals surface area contributed by atoms with Gasteiger partial charge in [0, 0.05) is 18.3 Å². The summed E-state index contributed by atoms with van der Waals surface area (Å²) >= 11 is 7.81. The molecule has 1 fully saturated rings. The Labute approximate surface area is 245 Å². The summed E-state index contributed by atoms with van der Waals surface area (Å²) in [7, 11) is 0. The Bertz CT molecular complexity index is 1130. The van der Waals surface area contributed by atoms with Crippen LogP contribution in [0.2, 0.25) is 0 Å². The fourth-order valence-electron chi connectivity index (χ4n) is 5.12. The number of nitrogens with one attached hydrogen (secondary N) is 2. The predicted molar refractivity (Wildman–Crippen MR) is 160 cm³/mol. The van der Waals surface area contributed by atoms with E-state index in [0.717, 1.165) is 12.8 Å². The van der Waals surface area contributed by atoms with Crippen LogP contribution in [0, 0.1) is 29.1 Å². The zero-order valence-electron chi connectivity index (χ0n) is 23.5. The highest BCUT2D eigenvalue weighted by molar-refractivity contribution is 7.98. The summed E-state index contributed by atoms with van der Waals surface area (Å²) in [5.74, 6) is 0.135. The molecule has 10 nitrogen and oxygen atoms in total. The highest BCUT2D eigenvalue weighted by Crippen LogP contribution is 2.37. The molecule has 0 aromatic carbocycles. The van der Waals surface area contributed by atoms with Crippen molar-refractivity contribution in [1.29, 1.82) is 5.26 Å². The highest BCUT2D eigenvalue weighted by Gasteiger charge is 2.47. The van der Waals surface area contributed by atoms with E-state index in [1.54, 1.807) is 24.9 Å². The van der Waals surface area contributed by atoms with Gasteiger partial charge in [0.1, 0.15) is 22.9 Å². The molecule has 0 radical (unpaired) electrons. The molecule has 1 aromatic rings. The van der Waals surface area contributed by atoms with Gasteiger partial charge in [-0.3, -0.25) is 20.5 Å². The molecule has 4 unspecified atom stereocenters. The molecule has 1 saturated carbocycles. The number of nitrogens with zero attached hydrogens (tertiary/aromatic N) is 6.